The van der Waals surface area contributed by atoms with Crippen LogP contribution in [0, 0.1) is 46.3 Å². The van der Waals surface area contributed by atoms with Crippen LogP contribution in [0.3, 0.4) is 0 Å². The Morgan fingerprint density at radius 2 is 1.43 bits per heavy atom. The van der Waals surface area contributed by atoms with Crippen LogP contribution in [-0.4, -0.2) is 0 Å². The van der Waals surface area contributed by atoms with Crippen molar-refractivity contribution in [2.24, 2.45) is 23.7 Å². The number of allylic oxidation sites excluding steroid dienone is 4. The van der Waals surface area contributed by atoms with E-state index in [2.05, 4.69) is 19.1 Å². The second-order valence-electron chi connectivity index (χ2n) is 4.24. The summed E-state index contributed by atoms with van der Waals surface area (Å²) in [6.07, 6.45) is 3.98. The average Bonchev–Trinajstić information content (AvgIpc) is 2.85. The molecule has 0 aromatic carbocycles. The molecule has 0 heterocycles. The lowest BCUT2D eigenvalue weighted by Crippen LogP contribution is -1.90. The van der Waals surface area contributed by atoms with Gasteiger partial charge in [-0.3, -0.25) is 0 Å². The van der Waals surface area contributed by atoms with E-state index in [1.165, 1.54) is 0 Å². The highest BCUT2D eigenvalue weighted by Gasteiger charge is 2.52. The van der Waals surface area contributed by atoms with Gasteiger partial charge in [0, 0.05) is 23.0 Å². The Hall–Kier alpha value is -1.54. The van der Waals surface area contributed by atoms with E-state index in [-0.39, 0.29) is 5.92 Å². The summed E-state index contributed by atoms with van der Waals surface area (Å²) in [4.78, 5) is 0. The van der Waals surface area contributed by atoms with Crippen LogP contribution >= 0.6 is 0 Å². The number of nitrogens with zero attached hydrogens (tertiary/aromatic N) is 2. The van der Waals surface area contributed by atoms with Crippen molar-refractivity contribution in [2.75, 3.05) is 0 Å². The van der Waals surface area contributed by atoms with Gasteiger partial charge in [-0.15, -0.1) is 0 Å². The monoisotopic (exact) mass is 184 g/mol. The maximum absolute atomic E-state index is 8.98. The molecule has 0 spiro atoms. The van der Waals surface area contributed by atoms with Gasteiger partial charge in [0.2, 0.25) is 0 Å². The van der Waals surface area contributed by atoms with Crippen molar-refractivity contribution in [1.29, 1.82) is 10.5 Å². The van der Waals surface area contributed by atoms with Gasteiger partial charge < -0.3 is 0 Å². The number of hydrogen-bond acceptors (Lipinski definition) is 2. The topological polar surface area (TPSA) is 47.6 Å². The van der Waals surface area contributed by atoms with E-state index in [4.69, 9.17) is 10.5 Å². The van der Waals surface area contributed by atoms with Crippen molar-refractivity contribution in [3.8, 4) is 12.1 Å². The Morgan fingerprint density at radius 1 is 1.00 bits per heavy atom. The second kappa shape index (κ2) is 3.00. The third-order valence-corrected chi connectivity index (χ3v) is 3.24. The van der Waals surface area contributed by atoms with Gasteiger partial charge >= 0.3 is 0 Å². The first-order chi connectivity index (χ1) is 6.69. The SMILES string of the molecule is CC1C=C(C#N)[C@@H]2C(C)[C@@H]2C(C#N)=C1. The summed E-state index contributed by atoms with van der Waals surface area (Å²) in [5, 5.41) is 18.0. The lowest BCUT2D eigenvalue weighted by Gasteiger charge is -1.99. The van der Waals surface area contributed by atoms with Crippen molar-refractivity contribution in [3.05, 3.63) is 23.3 Å². The van der Waals surface area contributed by atoms with Gasteiger partial charge in [0.15, 0.2) is 0 Å². The van der Waals surface area contributed by atoms with Crippen LogP contribution in [0.5, 0.6) is 0 Å². The molecule has 14 heavy (non-hydrogen) atoms. The molecule has 4 atom stereocenters. The molecule has 0 amide bonds. The third kappa shape index (κ3) is 1.16. The van der Waals surface area contributed by atoms with Gasteiger partial charge in [-0.1, -0.05) is 26.0 Å². The fraction of sp³-hybridized carbons (Fsp3) is 0.500. The van der Waals surface area contributed by atoms with E-state index in [0.29, 0.717) is 17.8 Å². The summed E-state index contributed by atoms with van der Waals surface area (Å²) < 4.78 is 0. The van der Waals surface area contributed by atoms with Crippen molar-refractivity contribution in [3.63, 3.8) is 0 Å². The van der Waals surface area contributed by atoms with E-state index in [1.807, 2.05) is 19.1 Å². The molecule has 0 saturated heterocycles. The fourth-order valence-electron chi connectivity index (χ4n) is 2.48. The number of nitriles is 2. The average molecular weight is 184 g/mol. The van der Waals surface area contributed by atoms with Gasteiger partial charge in [0.25, 0.3) is 0 Å². The van der Waals surface area contributed by atoms with Crippen molar-refractivity contribution in [2.45, 2.75) is 13.8 Å². The van der Waals surface area contributed by atoms with Crippen LogP contribution < -0.4 is 0 Å². The Labute approximate surface area is 84.1 Å². The molecule has 2 aliphatic rings. The van der Waals surface area contributed by atoms with E-state index in [9.17, 15) is 0 Å². The second-order valence-corrected chi connectivity index (χ2v) is 4.24. The first-order valence-corrected chi connectivity index (χ1v) is 4.92. The van der Waals surface area contributed by atoms with Gasteiger partial charge in [-0.25, -0.2) is 0 Å². The molecule has 0 aliphatic heterocycles. The Kier molecular flexibility index (Phi) is 1.93. The van der Waals surface area contributed by atoms with Gasteiger partial charge in [0.1, 0.15) is 0 Å². The first kappa shape index (κ1) is 9.03. The minimum atomic E-state index is 0.222. The lowest BCUT2D eigenvalue weighted by molar-refractivity contribution is 0.828. The highest BCUT2D eigenvalue weighted by atomic mass is 14.5. The molecular weight excluding hydrogens is 172 g/mol. The molecule has 0 radical (unpaired) electrons. The summed E-state index contributed by atoms with van der Waals surface area (Å²) in [5.74, 6) is 1.32. The smallest absolute Gasteiger partial charge is 0.0947 e. The van der Waals surface area contributed by atoms with Crippen LogP contribution in [0.2, 0.25) is 0 Å². The predicted molar refractivity (Wildman–Crippen MR) is 52.7 cm³/mol. The minimum absolute atomic E-state index is 0.222. The molecular formula is C12H12N2. The molecule has 2 aliphatic carbocycles. The van der Waals surface area contributed by atoms with E-state index < -0.39 is 0 Å². The van der Waals surface area contributed by atoms with Crippen LogP contribution in [0.4, 0.5) is 0 Å². The molecule has 2 rings (SSSR count). The zero-order valence-corrected chi connectivity index (χ0v) is 8.36. The zero-order chi connectivity index (χ0) is 10.3. The summed E-state index contributed by atoms with van der Waals surface area (Å²) >= 11 is 0. The van der Waals surface area contributed by atoms with Crippen molar-refractivity contribution in [1.82, 2.24) is 0 Å². The normalized spacial score (nSPS) is 39.4. The quantitative estimate of drug-likeness (QED) is 0.580. The van der Waals surface area contributed by atoms with E-state index in [1.54, 1.807) is 0 Å². The Balaban J connectivity index is 2.38. The summed E-state index contributed by atoms with van der Waals surface area (Å²) in [6, 6.07) is 4.52. The molecule has 70 valence electrons. The Bertz CT molecular complexity index is 365. The summed E-state index contributed by atoms with van der Waals surface area (Å²) in [6.45, 7) is 4.13. The van der Waals surface area contributed by atoms with Crippen molar-refractivity contribution < 1.29 is 0 Å². The highest BCUT2D eigenvalue weighted by Crippen LogP contribution is 2.55. The van der Waals surface area contributed by atoms with Crippen molar-refractivity contribution >= 4 is 0 Å². The van der Waals surface area contributed by atoms with Crippen LogP contribution in [0.25, 0.3) is 0 Å². The lowest BCUT2D eigenvalue weighted by atomic mass is 10.0. The van der Waals surface area contributed by atoms with Crippen LogP contribution in [0.15, 0.2) is 23.3 Å². The van der Waals surface area contributed by atoms with Gasteiger partial charge in [-0.05, 0) is 11.8 Å². The Morgan fingerprint density at radius 3 is 1.79 bits per heavy atom. The van der Waals surface area contributed by atoms with Gasteiger partial charge in [-0.2, -0.15) is 10.5 Å². The fourth-order valence-corrected chi connectivity index (χ4v) is 2.48. The van der Waals surface area contributed by atoms with E-state index >= 15 is 0 Å². The van der Waals surface area contributed by atoms with Crippen LogP contribution in [0.1, 0.15) is 13.8 Å². The standard InChI is InChI=1S/C12H12N2/c1-7-3-9(5-13)11-8(2)12(11)10(4-7)6-14/h3-4,7-8,11-12H,1-2H3/t7?,8?,11-,12+. The molecule has 1 fully saturated rings. The van der Waals surface area contributed by atoms with Crippen LogP contribution in [-0.2, 0) is 0 Å². The number of rotatable bonds is 0. The van der Waals surface area contributed by atoms with E-state index in [0.717, 1.165) is 11.1 Å². The molecule has 0 aromatic rings. The highest BCUT2D eigenvalue weighted by molar-refractivity contribution is 5.44. The van der Waals surface area contributed by atoms with Gasteiger partial charge in [0.05, 0.1) is 12.1 Å². The molecule has 0 aromatic heterocycles. The predicted octanol–water partition coefficient (Wildman–Crippen LogP) is 2.42. The zero-order valence-electron chi connectivity index (χ0n) is 8.36. The summed E-state index contributed by atoms with van der Waals surface area (Å²) in [5.41, 5.74) is 1.74. The minimum Gasteiger partial charge on any atom is -0.193 e. The number of hydrogen-bond donors (Lipinski definition) is 0. The number of fused-ring (bicyclic) bond motifs is 1. The molecule has 0 N–H and O–H groups in total. The molecule has 2 heteroatoms. The maximum atomic E-state index is 8.98. The molecule has 2 unspecified atom stereocenters. The first-order valence-electron chi connectivity index (χ1n) is 4.92. The third-order valence-electron chi connectivity index (χ3n) is 3.24. The largest absolute Gasteiger partial charge is 0.193 e. The summed E-state index contributed by atoms with van der Waals surface area (Å²) in [7, 11) is 0. The molecule has 1 saturated carbocycles. The maximum Gasteiger partial charge on any atom is 0.0947 e. The molecule has 0 bridgehead atoms. The molecule has 2 nitrogen and oxygen atoms in total.